The number of benzene rings is 1. The standard InChI is InChI=1S/C24H33N5O2.HI/c1-25-24(27-14-11-18-7-6-8-20(15-18)23(30)29(2)3)28-17-19-12-13-26-22(16-19)31-21-9-4-5-10-21;/h6-8,12-13,15-16,21H,4-5,9-11,14,17H2,1-3H3,(H2,25,27,28);1H. The molecule has 0 atom stereocenters. The number of guanidine groups is 1. The second-order valence-corrected chi connectivity index (χ2v) is 8.03. The SMILES string of the molecule is CN=C(NCCc1cccc(C(=O)N(C)C)c1)NCc1ccnc(OC2CCCC2)c1.I. The lowest BCUT2D eigenvalue weighted by Gasteiger charge is -2.14. The van der Waals surface area contributed by atoms with Crippen molar-refractivity contribution in [3.8, 4) is 5.88 Å². The van der Waals surface area contributed by atoms with Gasteiger partial charge in [-0.2, -0.15) is 0 Å². The van der Waals surface area contributed by atoms with Crippen molar-refractivity contribution in [3.05, 3.63) is 59.3 Å². The molecule has 1 aliphatic carbocycles. The highest BCUT2D eigenvalue weighted by molar-refractivity contribution is 14.0. The van der Waals surface area contributed by atoms with Gasteiger partial charge in [0, 0.05) is 52.1 Å². The third kappa shape index (κ3) is 7.96. The summed E-state index contributed by atoms with van der Waals surface area (Å²) in [4.78, 5) is 22.4. The molecule has 0 unspecified atom stereocenters. The Morgan fingerprint density at radius 3 is 2.66 bits per heavy atom. The van der Waals surface area contributed by atoms with Gasteiger partial charge in [-0.1, -0.05) is 12.1 Å². The first-order valence-corrected chi connectivity index (χ1v) is 10.9. The molecule has 0 spiro atoms. The van der Waals surface area contributed by atoms with Crippen molar-refractivity contribution in [1.29, 1.82) is 0 Å². The molecule has 2 aromatic rings. The number of carbonyl (C=O) groups is 1. The highest BCUT2D eigenvalue weighted by Crippen LogP contribution is 2.23. The summed E-state index contributed by atoms with van der Waals surface area (Å²) in [6.07, 6.45) is 7.61. The molecule has 1 aromatic heterocycles. The molecule has 0 saturated heterocycles. The average Bonchev–Trinajstić information content (AvgIpc) is 3.29. The van der Waals surface area contributed by atoms with E-state index in [1.165, 1.54) is 12.8 Å². The van der Waals surface area contributed by atoms with Crippen LogP contribution in [0.5, 0.6) is 5.88 Å². The molecule has 0 bridgehead atoms. The molecule has 1 saturated carbocycles. The van der Waals surface area contributed by atoms with E-state index in [0.29, 0.717) is 30.6 Å². The number of aliphatic imine (C=N–C) groups is 1. The molecule has 8 heteroatoms. The molecule has 0 aliphatic heterocycles. The zero-order valence-electron chi connectivity index (χ0n) is 19.1. The predicted octanol–water partition coefficient (Wildman–Crippen LogP) is 3.63. The van der Waals surface area contributed by atoms with Crippen molar-refractivity contribution < 1.29 is 9.53 Å². The minimum atomic E-state index is 0. The molecule has 1 aliphatic rings. The number of hydrogen-bond donors (Lipinski definition) is 2. The largest absolute Gasteiger partial charge is 0.474 e. The maximum Gasteiger partial charge on any atom is 0.253 e. The van der Waals surface area contributed by atoms with E-state index in [1.54, 1.807) is 32.2 Å². The molecule has 1 fully saturated rings. The Bertz CT molecular complexity index is 897. The molecule has 174 valence electrons. The summed E-state index contributed by atoms with van der Waals surface area (Å²) in [6, 6.07) is 11.7. The van der Waals surface area contributed by atoms with Crippen LogP contribution < -0.4 is 15.4 Å². The van der Waals surface area contributed by atoms with Gasteiger partial charge in [0.2, 0.25) is 5.88 Å². The normalized spacial score (nSPS) is 13.9. The van der Waals surface area contributed by atoms with E-state index in [4.69, 9.17) is 4.74 Å². The Labute approximate surface area is 208 Å². The zero-order chi connectivity index (χ0) is 22.1. The number of halogens is 1. The van der Waals surface area contributed by atoms with Crippen molar-refractivity contribution in [2.45, 2.75) is 44.8 Å². The number of ether oxygens (including phenoxy) is 1. The van der Waals surface area contributed by atoms with Crippen molar-refractivity contribution in [2.75, 3.05) is 27.7 Å². The van der Waals surface area contributed by atoms with Crippen molar-refractivity contribution >= 4 is 35.8 Å². The lowest BCUT2D eigenvalue weighted by molar-refractivity contribution is 0.0827. The smallest absolute Gasteiger partial charge is 0.253 e. The third-order valence-electron chi connectivity index (χ3n) is 5.36. The summed E-state index contributed by atoms with van der Waals surface area (Å²) in [6.45, 7) is 1.35. The number of rotatable bonds is 8. The van der Waals surface area contributed by atoms with Crippen LogP contribution in [0.3, 0.4) is 0 Å². The van der Waals surface area contributed by atoms with E-state index in [1.807, 2.05) is 36.4 Å². The van der Waals surface area contributed by atoms with E-state index in [2.05, 4.69) is 20.6 Å². The minimum Gasteiger partial charge on any atom is -0.474 e. The van der Waals surface area contributed by atoms with Crippen LogP contribution in [0, 0.1) is 0 Å². The number of nitrogens with zero attached hydrogens (tertiary/aromatic N) is 3. The van der Waals surface area contributed by atoms with Gasteiger partial charge in [-0.05, 0) is 61.4 Å². The van der Waals surface area contributed by atoms with Gasteiger partial charge in [0.25, 0.3) is 5.91 Å². The van der Waals surface area contributed by atoms with Crippen LogP contribution >= 0.6 is 24.0 Å². The summed E-state index contributed by atoms with van der Waals surface area (Å²) in [5.41, 5.74) is 2.91. The fraction of sp³-hybridized carbons (Fsp3) is 0.458. The number of amides is 1. The van der Waals surface area contributed by atoms with Crippen molar-refractivity contribution in [2.24, 2.45) is 4.99 Å². The maximum absolute atomic E-state index is 12.1. The Hall–Kier alpha value is -2.36. The lowest BCUT2D eigenvalue weighted by Crippen LogP contribution is -2.37. The first-order chi connectivity index (χ1) is 15.0. The first kappa shape index (κ1) is 25.9. The zero-order valence-corrected chi connectivity index (χ0v) is 21.5. The molecule has 32 heavy (non-hydrogen) atoms. The number of nitrogens with one attached hydrogen (secondary N) is 2. The molecule has 1 heterocycles. The van der Waals surface area contributed by atoms with E-state index < -0.39 is 0 Å². The van der Waals surface area contributed by atoms with Gasteiger partial charge in [-0.3, -0.25) is 9.79 Å². The third-order valence-corrected chi connectivity index (χ3v) is 5.36. The summed E-state index contributed by atoms with van der Waals surface area (Å²) in [5, 5.41) is 6.66. The first-order valence-electron chi connectivity index (χ1n) is 10.9. The van der Waals surface area contributed by atoms with E-state index in [-0.39, 0.29) is 29.9 Å². The van der Waals surface area contributed by atoms with E-state index >= 15 is 0 Å². The van der Waals surface area contributed by atoms with Gasteiger partial charge in [0.05, 0.1) is 0 Å². The summed E-state index contributed by atoms with van der Waals surface area (Å²) < 4.78 is 5.99. The van der Waals surface area contributed by atoms with Gasteiger partial charge >= 0.3 is 0 Å². The van der Waals surface area contributed by atoms with Crippen molar-refractivity contribution in [3.63, 3.8) is 0 Å². The number of hydrogen-bond acceptors (Lipinski definition) is 4. The fourth-order valence-electron chi connectivity index (χ4n) is 3.65. The second kappa shape index (κ2) is 13.2. The van der Waals surface area contributed by atoms with Crippen LogP contribution in [0.4, 0.5) is 0 Å². The highest BCUT2D eigenvalue weighted by atomic mass is 127. The van der Waals surface area contributed by atoms with Crippen LogP contribution in [-0.2, 0) is 13.0 Å². The molecule has 3 rings (SSSR count). The number of carbonyl (C=O) groups excluding carboxylic acids is 1. The Kier molecular flexibility index (Phi) is 10.7. The monoisotopic (exact) mass is 551 g/mol. The lowest BCUT2D eigenvalue weighted by atomic mass is 10.1. The summed E-state index contributed by atoms with van der Waals surface area (Å²) in [7, 11) is 5.28. The summed E-state index contributed by atoms with van der Waals surface area (Å²) in [5.74, 6) is 1.44. The fourth-order valence-corrected chi connectivity index (χ4v) is 3.65. The molecule has 7 nitrogen and oxygen atoms in total. The highest BCUT2D eigenvalue weighted by Gasteiger charge is 2.17. The molecule has 0 radical (unpaired) electrons. The predicted molar refractivity (Wildman–Crippen MR) is 139 cm³/mol. The summed E-state index contributed by atoms with van der Waals surface area (Å²) >= 11 is 0. The van der Waals surface area contributed by atoms with Crippen LogP contribution in [0.25, 0.3) is 0 Å². The number of pyridine rings is 1. The van der Waals surface area contributed by atoms with Crippen molar-refractivity contribution in [1.82, 2.24) is 20.5 Å². The van der Waals surface area contributed by atoms with Crippen LogP contribution in [0.15, 0.2) is 47.6 Å². The second-order valence-electron chi connectivity index (χ2n) is 8.03. The van der Waals surface area contributed by atoms with Gasteiger partial charge in [-0.25, -0.2) is 4.98 Å². The Morgan fingerprint density at radius 1 is 1.16 bits per heavy atom. The topological polar surface area (TPSA) is 78.9 Å². The van der Waals surface area contributed by atoms with Gasteiger partial charge in [0.15, 0.2) is 5.96 Å². The van der Waals surface area contributed by atoms with Gasteiger partial charge in [-0.15, -0.1) is 24.0 Å². The van der Waals surface area contributed by atoms with Crippen LogP contribution in [0.1, 0.15) is 47.2 Å². The molecular weight excluding hydrogens is 517 g/mol. The number of aromatic nitrogens is 1. The molecule has 1 amide bonds. The minimum absolute atomic E-state index is 0. The molecule has 1 aromatic carbocycles. The van der Waals surface area contributed by atoms with E-state index in [0.717, 1.165) is 36.3 Å². The quantitative estimate of drug-likeness (QED) is 0.298. The van der Waals surface area contributed by atoms with Gasteiger partial charge in [0.1, 0.15) is 6.10 Å². The Balaban J connectivity index is 0.00000363. The van der Waals surface area contributed by atoms with Crippen LogP contribution in [0.2, 0.25) is 0 Å². The average molecular weight is 551 g/mol. The van der Waals surface area contributed by atoms with Gasteiger partial charge < -0.3 is 20.3 Å². The van der Waals surface area contributed by atoms with E-state index in [9.17, 15) is 4.79 Å². The Morgan fingerprint density at radius 2 is 1.94 bits per heavy atom. The molecular formula is C24H34IN5O2. The van der Waals surface area contributed by atoms with Crippen LogP contribution in [-0.4, -0.2) is 55.5 Å². The molecule has 2 N–H and O–H groups in total. The maximum atomic E-state index is 12.1.